The van der Waals surface area contributed by atoms with Gasteiger partial charge in [0.1, 0.15) is 5.75 Å². The molecule has 0 radical (unpaired) electrons. The van der Waals surface area contributed by atoms with Gasteiger partial charge < -0.3 is 10.1 Å². The fourth-order valence-corrected chi connectivity index (χ4v) is 2.92. The number of nitrogens with one attached hydrogen (secondary N) is 1. The number of benzene rings is 2. The van der Waals surface area contributed by atoms with E-state index in [2.05, 4.69) is 62.5 Å². The Morgan fingerprint density at radius 1 is 1.04 bits per heavy atom. The summed E-state index contributed by atoms with van der Waals surface area (Å²) >= 11 is 0. The molecular formula is C23H31NO2. The summed E-state index contributed by atoms with van der Waals surface area (Å²) in [6, 6.07) is 14.5. The quantitative estimate of drug-likeness (QED) is 0.731. The molecule has 1 N–H and O–H groups in total. The highest BCUT2D eigenvalue weighted by Gasteiger charge is 2.19. The van der Waals surface area contributed by atoms with Crippen LogP contribution >= 0.6 is 0 Å². The molecule has 2 atom stereocenters. The number of rotatable bonds is 7. The minimum atomic E-state index is -0.549. The lowest BCUT2D eigenvalue weighted by Gasteiger charge is -2.21. The third kappa shape index (κ3) is 5.10. The van der Waals surface area contributed by atoms with Crippen molar-refractivity contribution in [3.05, 3.63) is 64.7 Å². The maximum absolute atomic E-state index is 12.6. The van der Waals surface area contributed by atoms with Crippen LogP contribution < -0.4 is 10.1 Å². The third-order valence-electron chi connectivity index (χ3n) is 4.71. The van der Waals surface area contributed by atoms with Crippen LogP contribution in [0.3, 0.4) is 0 Å². The molecule has 2 aromatic carbocycles. The van der Waals surface area contributed by atoms with Gasteiger partial charge in [0.05, 0.1) is 6.04 Å². The first-order valence-electron chi connectivity index (χ1n) is 9.48. The van der Waals surface area contributed by atoms with E-state index in [9.17, 15) is 4.79 Å². The summed E-state index contributed by atoms with van der Waals surface area (Å²) in [6.45, 7) is 12.2. The zero-order valence-electron chi connectivity index (χ0n) is 16.8. The summed E-state index contributed by atoms with van der Waals surface area (Å²) < 4.78 is 6.01. The van der Waals surface area contributed by atoms with E-state index < -0.39 is 6.10 Å². The predicted molar refractivity (Wildman–Crippen MR) is 108 cm³/mol. The number of amides is 1. The molecule has 0 unspecified atom stereocenters. The highest BCUT2D eigenvalue weighted by molar-refractivity contribution is 5.81. The van der Waals surface area contributed by atoms with Gasteiger partial charge in [0.25, 0.3) is 5.91 Å². The van der Waals surface area contributed by atoms with Crippen molar-refractivity contribution in [3.8, 4) is 5.75 Å². The molecule has 3 heteroatoms. The monoisotopic (exact) mass is 353 g/mol. The maximum atomic E-state index is 12.6. The van der Waals surface area contributed by atoms with Crippen molar-refractivity contribution in [2.75, 3.05) is 0 Å². The molecule has 3 nitrogen and oxygen atoms in total. The van der Waals surface area contributed by atoms with Gasteiger partial charge in [0.2, 0.25) is 0 Å². The largest absolute Gasteiger partial charge is 0.481 e. The van der Waals surface area contributed by atoms with Gasteiger partial charge in [0.15, 0.2) is 6.10 Å². The summed E-state index contributed by atoms with van der Waals surface area (Å²) in [6.07, 6.45) is 0.465. The van der Waals surface area contributed by atoms with E-state index in [0.717, 1.165) is 28.9 Å². The van der Waals surface area contributed by atoms with Gasteiger partial charge in [-0.15, -0.1) is 0 Å². The van der Waals surface area contributed by atoms with Crippen LogP contribution in [-0.4, -0.2) is 12.0 Å². The normalized spacial score (nSPS) is 13.3. The molecule has 26 heavy (non-hydrogen) atoms. The maximum Gasteiger partial charge on any atom is 0.261 e. The van der Waals surface area contributed by atoms with Crippen LogP contribution in [0.5, 0.6) is 5.75 Å². The number of hydrogen-bond donors (Lipinski definition) is 1. The molecule has 0 aliphatic carbocycles. The van der Waals surface area contributed by atoms with Crippen molar-refractivity contribution in [2.45, 2.75) is 66.0 Å². The van der Waals surface area contributed by atoms with E-state index in [1.807, 2.05) is 19.9 Å². The SMILES string of the molecule is CCc1ccc([C@H](C)NC(=O)[C@@H](C)Oc2cc(C)ccc2C(C)C)cc1. The average molecular weight is 354 g/mol. The molecule has 0 spiro atoms. The third-order valence-corrected chi connectivity index (χ3v) is 4.71. The topological polar surface area (TPSA) is 38.3 Å². The Bertz CT molecular complexity index is 734. The Balaban J connectivity index is 2.04. The molecule has 0 saturated carbocycles. The van der Waals surface area contributed by atoms with Gasteiger partial charge in [-0.3, -0.25) is 4.79 Å². The second-order valence-corrected chi connectivity index (χ2v) is 7.28. The molecule has 0 aromatic heterocycles. The summed E-state index contributed by atoms with van der Waals surface area (Å²) in [5.41, 5.74) is 4.64. The number of carbonyl (C=O) groups excluding carboxylic acids is 1. The predicted octanol–water partition coefficient (Wildman–Crippen LogP) is 5.33. The van der Waals surface area contributed by atoms with E-state index in [1.54, 1.807) is 6.92 Å². The summed E-state index contributed by atoms with van der Waals surface area (Å²) in [5.74, 6) is 1.03. The fraction of sp³-hybridized carbons (Fsp3) is 0.435. The molecule has 0 aliphatic heterocycles. The van der Waals surface area contributed by atoms with Crippen molar-refractivity contribution >= 4 is 5.91 Å². The molecule has 0 fully saturated rings. The van der Waals surface area contributed by atoms with E-state index in [-0.39, 0.29) is 11.9 Å². The number of carbonyl (C=O) groups is 1. The van der Waals surface area contributed by atoms with Gasteiger partial charge in [-0.05, 0) is 61.4 Å². The Hall–Kier alpha value is -2.29. The lowest BCUT2D eigenvalue weighted by Crippen LogP contribution is -2.38. The molecule has 2 rings (SSSR count). The highest BCUT2D eigenvalue weighted by Crippen LogP contribution is 2.28. The Morgan fingerprint density at radius 3 is 2.27 bits per heavy atom. The van der Waals surface area contributed by atoms with Crippen LogP contribution in [0, 0.1) is 6.92 Å². The van der Waals surface area contributed by atoms with E-state index in [4.69, 9.17) is 4.74 Å². The molecule has 0 heterocycles. The summed E-state index contributed by atoms with van der Waals surface area (Å²) in [4.78, 5) is 12.6. The van der Waals surface area contributed by atoms with E-state index in [1.165, 1.54) is 5.56 Å². The van der Waals surface area contributed by atoms with Gasteiger partial charge in [-0.2, -0.15) is 0 Å². The van der Waals surface area contributed by atoms with Crippen molar-refractivity contribution < 1.29 is 9.53 Å². The molecular weight excluding hydrogens is 322 g/mol. The lowest BCUT2D eigenvalue weighted by molar-refractivity contribution is -0.127. The second-order valence-electron chi connectivity index (χ2n) is 7.28. The minimum absolute atomic E-state index is 0.0541. The smallest absolute Gasteiger partial charge is 0.261 e. The Labute approximate surface area is 157 Å². The first-order chi connectivity index (χ1) is 12.3. The Morgan fingerprint density at radius 2 is 1.69 bits per heavy atom. The number of hydrogen-bond acceptors (Lipinski definition) is 2. The second kappa shape index (κ2) is 8.88. The molecule has 140 valence electrons. The minimum Gasteiger partial charge on any atom is -0.481 e. The molecule has 1 amide bonds. The highest BCUT2D eigenvalue weighted by atomic mass is 16.5. The average Bonchev–Trinajstić information content (AvgIpc) is 2.61. The summed E-state index contributed by atoms with van der Waals surface area (Å²) in [5, 5.41) is 3.05. The van der Waals surface area contributed by atoms with Gasteiger partial charge in [0, 0.05) is 0 Å². The molecule has 0 bridgehead atoms. The van der Waals surface area contributed by atoms with E-state index in [0.29, 0.717) is 5.92 Å². The zero-order chi connectivity index (χ0) is 19.3. The van der Waals surface area contributed by atoms with E-state index >= 15 is 0 Å². The van der Waals surface area contributed by atoms with Crippen LogP contribution in [0.1, 0.15) is 68.8 Å². The fourth-order valence-electron chi connectivity index (χ4n) is 2.92. The van der Waals surface area contributed by atoms with Crippen LogP contribution in [0.25, 0.3) is 0 Å². The van der Waals surface area contributed by atoms with Crippen molar-refractivity contribution in [1.29, 1.82) is 0 Å². The summed E-state index contributed by atoms with van der Waals surface area (Å²) in [7, 11) is 0. The van der Waals surface area contributed by atoms with Crippen molar-refractivity contribution in [1.82, 2.24) is 5.32 Å². The molecule has 0 aliphatic rings. The van der Waals surface area contributed by atoms with Crippen molar-refractivity contribution in [2.24, 2.45) is 0 Å². The standard InChI is InChI=1S/C23H31NO2/c1-7-19-9-11-20(12-10-19)17(5)24-23(25)18(6)26-22-14-16(4)8-13-21(22)15(2)3/h8-15,17-18H,7H2,1-6H3,(H,24,25)/t17-,18+/m0/s1. The number of aryl methyl sites for hydroxylation is 2. The molecule has 0 saturated heterocycles. The van der Waals surface area contributed by atoms with Crippen LogP contribution in [0.2, 0.25) is 0 Å². The lowest BCUT2D eigenvalue weighted by atomic mass is 10.0. The number of ether oxygens (including phenoxy) is 1. The first-order valence-corrected chi connectivity index (χ1v) is 9.48. The molecule has 2 aromatic rings. The Kier molecular flexibility index (Phi) is 6.84. The zero-order valence-corrected chi connectivity index (χ0v) is 16.8. The van der Waals surface area contributed by atoms with Crippen LogP contribution in [0.4, 0.5) is 0 Å². The first kappa shape index (κ1) is 20.0. The van der Waals surface area contributed by atoms with Crippen LogP contribution in [-0.2, 0) is 11.2 Å². The van der Waals surface area contributed by atoms with Gasteiger partial charge in [-0.1, -0.05) is 57.2 Å². The van der Waals surface area contributed by atoms with Crippen LogP contribution in [0.15, 0.2) is 42.5 Å². The van der Waals surface area contributed by atoms with Gasteiger partial charge >= 0.3 is 0 Å². The van der Waals surface area contributed by atoms with Gasteiger partial charge in [-0.25, -0.2) is 0 Å². The van der Waals surface area contributed by atoms with Crippen molar-refractivity contribution in [3.63, 3.8) is 0 Å².